The number of rotatable bonds is 3. The molecule has 0 aliphatic rings. The van der Waals surface area contributed by atoms with Crippen molar-refractivity contribution in [1.82, 2.24) is 0 Å². The van der Waals surface area contributed by atoms with E-state index < -0.39 is 10.9 Å². The van der Waals surface area contributed by atoms with E-state index >= 15 is 0 Å². The zero-order chi connectivity index (χ0) is 13.0. The van der Waals surface area contributed by atoms with E-state index in [1.807, 2.05) is 0 Å². The summed E-state index contributed by atoms with van der Waals surface area (Å²) in [6, 6.07) is 4.64. The molecule has 0 N–H and O–H groups in total. The van der Waals surface area contributed by atoms with Gasteiger partial charge in [0.05, 0.1) is 22.9 Å². The first kappa shape index (κ1) is 13.1. The van der Waals surface area contributed by atoms with Gasteiger partial charge in [-0.1, -0.05) is 6.07 Å². The van der Waals surface area contributed by atoms with Crippen LogP contribution in [0.1, 0.15) is 11.1 Å². The van der Waals surface area contributed by atoms with Crippen LogP contribution in [-0.2, 0) is 16.0 Å². The number of halogens is 1. The Morgan fingerprint density at radius 3 is 2.76 bits per heavy atom. The Hall–Kier alpha value is -1.94. The van der Waals surface area contributed by atoms with Crippen molar-refractivity contribution in [2.45, 2.75) is 6.42 Å². The van der Waals surface area contributed by atoms with E-state index in [2.05, 4.69) is 20.7 Å². The van der Waals surface area contributed by atoms with Crippen LogP contribution in [0.15, 0.2) is 16.6 Å². The summed E-state index contributed by atoms with van der Waals surface area (Å²) in [4.78, 5) is 21.3. The maximum Gasteiger partial charge on any atom is 0.310 e. The quantitative estimate of drug-likeness (QED) is 0.483. The zero-order valence-corrected chi connectivity index (χ0v) is 10.4. The van der Waals surface area contributed by atoms with Gasteiger partial charge in [-0.2, -0.15) is 5.26 Å². The van der Waals surface area contributed by atoms with Crippen LogP contribution < -0.4 is 0 Å². The Morgan fingerprint density at radius 2 is 2.29 bits per heavy atom. The van der Waals surface area contributed by atoms with Crippen LogP contribution in [0.4, 0.5) is 5.69 Å². The summed E-state index contributed by atoms with van der Waals surface area (Å²) in [6.45, 7) is 0. The lowest BCUT2D eigenvalue weighted by atomic mass is 10.0. The van der Waals surface area contributed by atoms with E-state index in [-0.39, 0.29) is 27.7 Å². The number of hydrogen-bond acceptors (Lipinski definition) is 5. The summed E-state index contributed by atoms with van der Waals surface area (Å²) >= 11 is 3.00. The number of benzene rings is 1. The van der Waals surface area contributed by atoms with Gasteiger partial charge >= 0.3 is 11.7 Å². The molecule has 17 heavy (non-hydrogen) atoms. The van der Waals surface area contributed by atoms with Gasteiger partial charge in [0.2, 0.25) is 0 Å². The molecule has 0 heterocycles. The van der Waals surface area contributed by atoms with Crippen LogP contribution >= 0.6 is 15.9 Å². The maximum atomic E-state index is 11.1. The van der Waals surface area contributed by atoms with Gasteiger partial charge in [0.25, 0.3) is 0 Å². The van der Waals surface area contributed by atoms with E-state index in [0.29, 0.717) is 0 Å². The minimum Gasteiger partial charge on any atom is -0.469 e. The molecule has 1 aromatic rings. The average Bonchev–Trinajstić information content (AvgIpc) is 2.30. The Balaban J connectivity index is 3.34. The third-order valence-electron chi connectivity index (χ3n) is 2.07. The van der Waals surface area contributed by atoms with E-state index in [1.54, 1.807) is 6.07 Å². The topological polar surface area (TPSA) is 93.2 Å². The number of nitrogens with zero attached hydrogens (tertiary/aromatic N) is 2. The Labute approximate surface area is 105 Å². The van der Waals surface area contributed by atoms with Crippen LogP contribution in [0.3, 0.4) is 0 Å². The van der Waals surface area contributed by atoms with Gasteiger partial charge in [-0.3, -0.25) is 14.9 Å². The highest BCUT2D eigenvalue weighted by atomic mass is 79.9. The van der Waals surface area contributed by atoms with E-state index in [4.69, 9.17) is 5.26 Å². The lowest BCUT2D eigenvalue weighted by molar-refractivity contribution is -0.386. The first-order chi connectivity index (χ1) is 8.01. The highest BCUT2D eigenvalue weighted by Gasteiger charge is 2.23. The van der Waals surface area contributed by atoms with E-state index in [0.717, 1.165) is 0 Å². The molecule has 6 nitrogen and oxygen atoms in total. The van der Waals surface area contributed by atoms with Crippen LogP contribution in [0.25, 0.3) is 0 Å². The van der Waals surface area contributed by atoms with E-state index in [1.165, 1.54) is 19.2 Å². The minimum atomic E-state index is -0.663. The molecule has 0 aliphatic heterocycles. The summed E-state index contributed by atoms with van der Waals surface area (Å²) in [7, 11) is 1.21. The number of nitriles is 1. The van der Waals surface area contributed by atoms with Gasteiger partial charge in [-0.15, -0.1) is 0 Å². The summed E-state index contributed by atoms with van der Waals surface area (Å²) in [5.41, 5.74) is -0.196. The molecule has 0 spiro atoms. The normalized spacial score (nSPS) is 9.47. The molecule has 0 bridgehead atoms. The van der Waals surface area contributed by atoms with E-state index in [9.17, 15) is 14.9 Å². The van der Waals surface area contributed by atoms with Crippen molar-refractivity contribution in [2.75, 3.05) is 7.11 Å². The highest BCUT2D eigenvalue weighted by Crippen LogP contribution is 2.31. The fourth-order valence-electron chi connectivity index (χ4n) is 1.29. The van der Waals surface area contributed by atoms with Crippen molar-refractivity contribution >= 4 is 27.6 Å². The molecule has 0 saturated heterocycles. The molecule has 0 fully saturated rings. The van der Waals surface area contributed by atoms with Gasteiger partial charge in [0.15, 0.2) is 0 Å². The van der Waals surface area contributed by atoms with Gasteiger partial charge in [-0.25, -0.2) is 0 Å². The fourth-order valence-corrected chi connectivity index (χ4v) is 1.76. The second kappa shape index (κ2) is 5.41. The van der Waals surface area contributed by atoms with Gasteiger partial charge in [0.1, 0.15) is 11.6 Å². The Kier molecular flexibility index (Phi) is 4.17. The maximum absolute atomic E-state index is 11.1. The van der Waals surface area contributed by atoms with Crippen molar-refractivity contribution in [3.8, 4) is 6.07 Å². The second-order valence-electron chi connectivity index (χ2n) is 3.05. The first-order valence-electron chi connectivity index (χ1n) is 4.44. The number of nitro benzene ring substituents is 1. The third-order valence-corrected chi connectivity index (χ3v) is 2.71. The highest BCUT2D eigenvalue weighted by molar-refractivity contribution is 9.10. The summed E-state index contributed by atoms with van der Waals surface area (Å²) < 4.78 is 4.66. The first-order valence-corrected chi connectivity index (χ1v) is 5.23. The molecule has 0 amide bonds. The summed E-state index contributed by atoms with van der Waals surface area (Å²) in [5.74, 6) is -0.557. The number of carbonyl (C=O) groups is 1. The predicted octanol–water partition coefficient (Wildman–Crippen LogP) is 1.94. The molecule has 7 heteroatoms. The molecule has 0 atom stereocenters. The van der Waals surface area contributed by atoms with Crippen molar-refractivity contribution in [1.29, 1.82) is 5.26 Å². The number of nitro groups is 1. The molecule has 0 aromatic heterocycles. The van der Waals surface area contributed by atoms with Crippen LogP contribution in [-0.4, -0.2) is 18.0 Å². The summed E-state index contributed by atoms with van der Waals surface area (Å²) in [6.07, 6.45) is -0.173. The third kappa shape index (κ3) is 2.79. The van der Waals surface area contributed by atoms with Gasteiger partial charge in [0, 0.05) is 0 Å². The lowest BCUT2D eigenvalue weighted by Gasteiger charge is -2.04. The second-order valence-corrected chi connectivity index (χ2v) is 3.91. The van der Waals surface area contributed by atoms with Crippen LogP contribution in [0, 0.1) is 21.4 Å². The number of ether oxygens (including phenoxy) is 1. The Morgan fingerprint density at radius 1 is 1.65 bits per heavy atom. The molecular weight excluding hydrogens is 292 g/mol. The molecule has 1 rings (SSSR count). The standard InChI is InChI=1S/C10H7BrN2O4/c1-17-9(14)4-6-2-3-8(11)10(13(15)16)7(6)5-12/h2-3H,4H2,1H3. The number of methoxy groups -OCH3 is 1. The molecule has 0 saturated carbocycles. The molecule has 1 aromatic carbocycles. The Bertz CT molecular complexity index is 522. The lowest BCUT2D eigenvalue weighted by Crippen LogP contribution is -2.07. The smallest absolute Gasteiger partial charge is 0.310 e. The number of carbonyl (C=O) groups excluding carboxylic acids is 1. The SMILES string of the molecule is COC(=O)Cc1ccc(Br)c([N+](=O)[O-])c1C#N. The minimum absolute atomic E-state index is 0.130. The average molecular weight is 299 g/mol. The van der Waals surface area contributed by atoms with Gasteiger partial charge in [-0.05, 0) is 27.6 Å². The molecule has 88 valence electrons. The molecule has 0 radical (unpaired) electrons. The van der Waals surface area contributed by atoms with Gasteiger partial charge < -0.3 is 4.74 Å². The largest absolute Gasteiger partial charge is 0.469 e. The molecule has 0 unspecified atom stereocenters. The monoisotopic (exact) mass is 298 g/mol. The zero-order valence-electron chi connectivity index (χ0n) is 8.77. The van der Waals surface area contributed by atoms with Crippen molar-refractivity contribution in [3.63, 3.8) is 0 Å². The predicted molar refractivity (Wildman–Crippen MR) is 61.2 cm³/mol. The van der Waals surface area contributed by atoms with Crippen LogP contribution in [0.2, 0.25) is 0 Å². The van der Waals surface area contributed by atoms with Crippen molar-refractivity contribution < 1.29 is 14.5 Å². The molecule has 0 aliphatic carbocycles. The number of esters is 1. The number of hydrogen-bond donors (Lipinski definition) is 0. The van der Waals surface area contributed by atoms with Crippen molar-refractivity contribution in [3.05, 3.63) is 37.8 Å². The summed E-state index contributed by atoms with van der Waals surface area (Å²) in [5, 5.41) is 19.7. The fraction of sp³-hybridized carbons (Fsp3) is 0.200. The van der Waals surface area contributed by atoms with Crippen LogP contribution in [0.5, 0.6) is 0 Å². The van der Waals surface area contributed by atoms with Crippen molar-refractivity contribution in [2.24, 2.45) is 0 Å². The molecular formula is C10H7BrN2O4.